The van der Waals surface area contributed by atoms with Crippen LogP contribution in [-0.2, 0) is 6.42 Å². The second-order valence-electron chi connectivity index (χ2n) is 6.45. The number of amides is 1. The van der Waals surface area contributed by atoms with E-state index in [-0.39, 0.29) is 17.8 Å². The van der Waals surface area contributed by atoms with Crippen molar-refractivity contribution in [3.05, 3.63) is 35.9 Å². The van der Waals surface area contributed by atoms with Crippen LogP contribution in [-0.4, -0.2) is 38.1 Å². The van der Waals surface area contributed by atoms with Crippen LogP contribution in [0.4, 0.5) is 17.3 Å². The van der Waals surface area contributed by atoms with Gasteiger partial charge in [0.2, 0.25) is 0 Å². The summed E-state index contributed by atoms with van der Waals surface area (Å²) in [6.45, 7) is 1.96. The van der Waals surface area contributed by atoms with Gasteiger partial charge >= 0.3 is 0 Å². The summed E-state index contributed by atoms with van der Waals surface area (Å²) in [6, 6.07) is 3.83. The summed E-state index contributed by atoms with van der Waals surface area (Å²) in [6.07, 6.45) is 6.98. The van der Waals surface area contributed by atoms with Crippen LogP contribution in [0.5, 0.6) is 0 Å². The molecule has 0 saturated heterocycles. The minimum atomic E-state index is -0.633. The zero-order chi connectivity index (χ0) is 18.5. The van der Waals surface area contributed by atoms with E-state index in [0.717, 1.165) is 25.7 Å². The highest BCUT2D eigenvalue weighted by Crippen LogP contribution is 2.26. The van der Waals surface area contributed by atoms with Crippen molar-refractivity contribution in [2.75, 3.05) is 10.6 Å². The van der Waals surface area contributed by atoms with E-state index in [0.29, 0.717) is 29.4 Å². The van der Waals surface area contributed by atoms with E-state index in [2.05, 4.69) is 25.6 Å². The third kappa shape index (κ3) is 4.26. The van der Waals surface area contributed by atoms with Gasteiger partial charge in [-0.2, -0.15) is 0 Å². The Bertz CT molecular complexity index is 760. The molecular weight excluding hydrogens is 332 g/mol. The molecule has 0 bridgehead atoms. The second kappa shape index (κ2) is 8.09. The number of hydrogen-bond donors (Lipinski definition) is 4. The fraction of sp³-hybridized carbons (Fsp3) is 0.444. The zero-order valence-electron chi connectivity index (χ0n) is 14.8. The summed E-state index contributed by atoms with van der Waals surface area (Å²) in [5, 5.41) is 16.2. The minimum Gasteiger partial charge on any atom is -0.393 e. The number of anilines is 3. The van der Waals surface area contributed by atoms with Crippen molar-refractivity contribution in [3.63, 3.8) is 0 Å². The number of hydrogen-bond acceptors (Lipinski definition) is 7. The van der Waals surface area contributed by atoms with Crippen molar-refractivity contribution >= 4 is 23.2 Å². The average molecular weight is 356 g/mol. The molecule has 8 nitrogen and oxygen atoms in total. The first-order valence-electron chi connectivity index (χ1n) is 8.89. The smallest absolute Gasteiger partial charge is 0.271 e. The lowest BCUT2D eigenvalue weighted by atomic mass is 9.93. The van der Waals surface area contributed by atoms with Gasteiger partial charge in [0.05, 0.1) is 23.7 Å². The van der Waals surface area contributed by atoms with Gasteiger partial charge in [0.1, 0.15) is 5.82 Å². The summed E-state index contributed by atoms with van der Waals surface area (Å²) < 4.78 is 0. The molecule has 0 spiro atoms. The maximum atomic E-state index is 11.8. The van der Waals surface area contributed by atoms with Gasteiger partial charge in [-0.15, -0.1) is 0 Å². The second-order valence-corrected chi connectivity index (χ2v) is 6.45. The SMILES string of the molecule is CCc1nc(C(N)=O)c(Nc2cccnc2)nc1N[C@H]1CC[C@H](O)CC1. The number of aliphatic hydroxyl groups is 1. The molecule has 1 aliphatic carbocycles. The van der Waals surface area contributed by atoms with E-state index in [1.807, 2.05) is 13.0 Å². The van der Waals surface area contributed by atoms with E-state index in [4.69, 9.17) is 5.73 Å². The number of nitrogens with zero attached hydrogens (tertiary/aromatic N) is 3. The van der Waals surface area contributed by atoms with E-state index in [9.17, 15) is 9.90 Å². The largest absolute Gasteiger partial charge is 0.393 e. The van der Waals surface area contributed by atoms with Crippen LogP contribution >= 0.6 is 0 Å². The monoisotopic (exact) mass is 356 g/mol. The highest BCUT2D eigenvalue weighted by atomic mass is 16.3. The third-order valence-corrected chi connectivity index (χ3v) is 4.50. The van der Waals surface area contributed by atoms with Crippen LogP contribution in [0.25, 0.3) is 0 Å². The normalized spacial score (nSPS) is 19.8. The summed E-state index contributed by atoms with van der Waals surface area (Å²) >= 11 is 0. The van der Waals surface area contributed by atoms with E-state index < -0.39 is 5.91 Å². The van der Waals surface area contributed by atoms with Gasteiger partial charge < -0.3 is 21.5 Å². The summed E-state index contributed by atoms with van der Waals surface area (Å²) in [5.74, 6) is 0.317. The van der Waals surface area contributed by atoms with Gasteiger partial charge in [-0.25, -0.2) is 9.97 Å². The molecule has 0 atom stereocenters. The summed E-state index contributed by atoms with van der Waals surface area (Å²) in [4.78, 5) is 24.9. The van der Waals surface area contributed by atoms with E-state index in [1.54, 1.807) is 18.5 Å². The van der Waals surface area contributed by atoms with Crippen molar-refractivity contribution in [2.45, 2.75) is 51.2 Å². The van der Waals surface area contributed by atoms with Crippen LogP contribution in [0.3, 0.4) is 0 Å². The molecule has 0 unspecified atom stereocenters. The fourth-order valence-corrected chi connectivity index (χ4v) is 3.08. The first kappa shape index (κ1) is 18.1. The van der Waals surface area contributed by atoms with Crippen molar-refractivity contribution in [1.29, 1.82) is 0 Å². The molecule has 2 heterocycles. The van der Waals surface area contributed by atoms with Gasteiger partial charge in [0.25, 0.3) is 5.91 Å². The number of aryl methyl sites for hydroxylation is 1. The number of nitrogens with one attached hydrogen (secondary N) is 2. The van der Waals surface area contributed by atoms with Crippen molar-refractivity contribution in [2.24, 2.45) is 5.73 Å². The lowest BCUT2D eigenvalue weighted by Crippen LogP contribution is -2.29. The number of carbonyl (C=O) groups is 1. The summed E-state index contributed by atoms with van der Waals surface area (Å²) in [5.41, 5.74) is 6.99. The Balaban J connectivity index is 1.90. The van der Waals surface area contributed by atoms with Gasteiger partial charge in [0, 0.05) is 12.2 Å². The molecule has 1 aliphatic rings. The Morgan fingerprint density at radius 1 is 1.27 bits per heavy atom. The van der Waals surface area contributed by atoms with Crippen molar-refractivity contribution < 1.29 is 9.90 Å². The fourth-order valence-electron chi connectivity index (χ4n) is 3.08. The predicted molar refractivity (Wildman–Crippen MR) is 99.3 cm³/mol. The Morgan fingerprint density at radius 3 is 2.65 bits per heavy atom. The quantitative estimate of drug-likeness (QED) is 0.623. The zero-order valence-corrected chi connectivity index (χ0v) is 14.8. The molecule has 3 rings (SSSR count). The summed E-state index contributed by atoms with van der Waals surface area (Å²) in [7, 11) is 0. The van der Waals surface area contributed by atoms with Gasteiger partial charge in [0.15, 0.2) is 11.5 Å². The highest BCUT2D eigenvalue weighted by Gasteiger charge is 2.22. The molecule has 1 fully saturated rings. The highest BCUT2D eigenvalue weighted by molar-refractivity contribution is 5.96. The molecule has 26 heavy (non-hydrogen) atoms. The van der Waals surface area contributed by atoms with Gasteiger partial charge in [-0.3, -0.25) is 9.78 Å². The van der Waals surface area contributed by atoms with Crippen LogP contribution in [0.1, 0.15) is 48.8 Å². The average Bonchev–Trinajstić information content (AvgIpc) is 2.64. The number of aliphatic hydroxyl groups excluding tert-OH is 1. The number of rotatable bonds is 6. The van der Waals surface area contributed by atoms with Gasteiger partial charge in [-0.1, -0.05) is 6.92 Å². The molecule has 1 amide bonds. The molecule has 2 aromatic heterocycles. The molecule has 8 heteroatoms. The molecule has 0 radical (unpaired) electrons. The lowest BCUT2D eigenvalue weighted by Gasteiger charge is -2.27. The van der Waals surface area contributed by atoms with Crippen LogP contribution < -0.4 is 16.4 Å². The maximum Gasteiger partial charge on any atom is 0.271 e. The van der Waals surface area contributed by atoms with Crippen LogP contribution in [0.2, 0.25) is 0 Å². The molecule has 138 valence electrons. The number of pyridine rings is 1. The first-order valence-corrected chi connectivity index (χ1v) is 8.89. The standard InChI is InChI=1S/C18H24N6O2/c1-2-14-17(21-11-5-7-13(25)8-6-11)24-18(15(23-14)16(19)26)22-12-4-3-9-20-10-12/h3-4,9-11,13,25H,2,5-8H2,1H3,(H2,19,26)(H2,21,22,24)/t11-,13-. The molecule has 2 aromatic rings. The Hall–Kier alpha value is -2.74. The molecule has 1 saturated carbocycles. The lowest BCUT2D eigenvalue weighted by molar-refractivity contribution is 0.0996. The Kier molecular flexibility index (Phi) is 5.62. The third-order valence-electron chi connectivity index (χ3n) is 4.50. The first-order chi connectivity index (χ1) is 12.6. The number of primary amides is 1. The Morgan fingerprint density at radius 2 is 2.04 bits per heavy atom. The van der Waals surface area contributed by atoms with E-state index in [1.165, 1.54) is 0 Å². The van der Waals surface area contributed by atoms with Gasteiger partial charge in [-0.05, 0) is 44.2 Å². The number of nitrogens with two attached hydrogens (primary N) is 1. The minimum absolute atomic E-state index is 0.107. The van der Waals surface area contributed by atoms with Crippen LogP contribution in [0.15, 0.2) is 24.5 Å². The molecule has 5 N–H and O–H groups in total. The topological polar surface area (TPSA) is 126 Å². The van der Waals surface area contributed by atoms with Crippen molar-refractivity contribution in [1.82, 2.24) is 15.0 Å². The molecule has 0 aliphatic heterocycles. The molecular formula is C18H24N6O2. The van der Waals surface area contributed by atoms with Crippen LogP contribution in [0, 0.1) is 0 Å². The maximum absolute atomic E-state index is 11.8. The number of carbonyl (C=O) groups excluding carboxylic acids is 1. The predicted octanol–water partition coefficient (Wildman–Crippen LogP) is 1.99. The molecule has 0 aromatic carbocycles. The van der Waals surface area contributed by atoms with E-state index >= 15 is 0 Å². The van der Waals surface area contributed by atoms with Crippen molar-refractivity contribution in [3.8, 4) is 0 Å². The number of aromatic nitrogens is 3. The Labute approximate surface area is 152 Å².